The van der Waals surface area contributed by atoms with Crippen LogP contribution in [-0.4, -0.2) is 18.5 Å². The summed E-state index contributed by atoms with van der Waals surface area (Å²) in [6.45, 7) is 7.39. The lowest BCUT2D eigenvalue weighted by Gasteiger charge is -2.31. The largest absolute Gasteiger partial charge is 0.462 e. The molecule has 3 saturated carbocycles. The minimum Gasteiger partial charge on any atom is -0.462 e. The second-order valence-corrected chi connectivity index (χ2v) is 7.02. The number of fused-ring (bicyclic) bond motifs is 5. The van der Waals surface area contributed by atoms with Gasteiger partial charge in [-0.2, -0.15) is 0 Å². The third kappa shape index (κ3) is 2.83. The molecule has 3 rings (SSSR count). The van der Waals surface area contributed by atoms with Crippen molar-refractivity contribution in [3.63, 3.8) is 0 Å². The van der Waals surface area contributed by atoms with Gasteiger partial charge in [-0.3, -0.25) is 4.79 Å². The fraction of sp³-hybridized carbons (Fsp3) is 0.667. The van der Waals surface area contributed by atoms with Crippen LogP contribution in [0.15, 0.2) is 25.5 Å². The predicted octanol–water partition coefficient (Wildman–Crippen LogP) is 3.09. The van der Waals surface area contributed by atoms with Gasteiger partial charge in [0.25, 0.3) is 0 Å². The molecule has 0 aromatic carbocycles. The molecule has 0 radical (unpaired) electrons. The molecular weight excluding hydrogens is 280 g/mol. The average Bonchev–Trinajstić information content (AvgIpc) is 3.15. The van der Waals surface area contributed by atoms with Crippen LogP contribution >= 0.6 is 0 Å². The number of esters is 2. The van der Waals surface area contributed by atoms with Gasteiger partial charge in [-0.25, -0.2) is 4.79 Å². The van der Waals surface area contributed by atoms with Crippen LogP contribution < -0.4 is 0 Å². The van der Waals surface area contributed by atoms with Crippen LogP contribution in [0.25, 0.3) is 0 Å². The van der Waals surface area contributed by atoms with Crippen LogP contribution in [0.2, 0.25) is 0 Å². The van der Waals surface area contributed by atoms with Crippen molar-refractivity contribution in [1.29, 1.82) is 0 Å². The Morgan fingerprint density at radius 1 is 1.05 bits per heavy atom. The van der Waals surface area contributed by atoms with Gasteiger partial charge in [0.15, 0.2) is 0 Å². The van der Waals surface area contributed by atoms with E-state index in [9.17, 15) is 9.59 Å². The van der Waals surface area contributed by atoms with Crippen molar-refractivity contribution in [3.05, 3.63) is 25.5 Å². The summed E-state index contributed by atoms with van der Waals surface area (Å²) in [6, 6.07) is 0. The normalized spacial score (nSPS) is 38.4. The number of ether oxygens (including phenoxy) is 2. The lowest BCUT2D eigenvalue weighted by atomic mass is 9.76. The molecule has 3 aliphatic rings. The second kappa shape index (κ2) is 6.27. The van der Waals surface area contributed by atoms with Crippen LogP contribution in [0.1, 0.15) is 32.1 Å². The Kier molecular flexibility index (Phi) is 4.37. The molecule has 4 nitrogen and oxygen atoms in total. The molecule has 3 fully saturated rings. The minimum atomic E-state index is -0.323. The van der Waals surface area contributed by atoms with Crippen LogP contribution in [-0.2, 0) is 19.1 Å². The summed E-state index contributed by atoms with van der Waals surface area (Å²) in [6.07, 6.45) is 7.66. The Labute approximate surface area is 131 Å². The van der Waals surface area contributed by atoms with Crippen molar-refractivity contribution < 1.29 is 19.1 Å². The first-order valence-electron chi connectivity index (χ1n) is 8.22. The molecule has 0 N–H and O–H groups in total. The lowest BCUT2D eigenvalue weighted by Crippen LogP contribution is -2.28. The Balaban J connectivity index is 1.54. The van der Waals surface area contributed by atoms with Crippen molar-refractivity contribution in [2.45, 2.75) is 32.1 Å². The van der Waals surface area contributed by atoms with E-state index in [1.165, 1.54) is 25.2 Å². The molecule has 22 heavy (non-hydrogen) atoms. The Bertz CT molecular complexity index is 483. The van der Waals surface area contributed by atoms with Crippen molar-refractivity contribution in [1.82, 2.24) is 0 Å². The summed E-state index contributed by atoms with van der Waals surface area (Å²) in [5.41, 5.74) is 0. The molecule has 0 aromatic heterocycles. The predicted molar refractivity (Wildman–Crippen MR) is 81.5 cm³/mol. The number of hydrogen-bond acceptors (Lipinski definition) is 4. The molecular formula is C18H24O4. The summed E-state index contributed by atoms with van der Waals surface area (Å²) in [5, 5.41) is 0. The fourth-order valence-corrected chi connectivity index (χ4v) is 5.31. The van der Waals surface area contributed by atoms with Crippen LogP contribution in [0.5, 0.6) is 0 Å². The molecule has 120 valence electrons. The fourth-order valence-electron chi connectivity index (χ4n) is 5.31. The molecule has 0 heterocycles. The molecule has 2 bridgehead atoms. The molecule has 4 heteroatoms. The van der Waals surface area contributed by atoms with Crippen molar-refractivity contribution in [2.75, 3.05) is 6.61 Å². The monoisotopic (exact) mass is 304 g/mol. The Morgan fingerprint density at radius 3 is 2.55 bits per heavy atom. The highest BCUT2D eigenvalue weighted by atomic mass is 16.5. The van der Waals surface area contributed by atoms with Crippen LogP contribution in [0, 0.1) is 35.5 Å². The molecule has 0 aromatic rings. The van der Waals surface area contributed by atoms with Crippen molar-refractivity contribution >= 4 is 11.9 Å². The topological polar surface area (TPSA) is 52.6 Å². The summed E-state index contributed by atoms with van der Waals surface area (Å²) in [5.74, 6) is 3.33. The summed E-state index contributed by atoms with van der Waals surface area (Å²) in [4.78, 5) is 22.8. The maximum atomic E-state index is 11.6. The zero-order valence-corrected chi connectivity index (χ0v) is 12.9. The van der Waals surface area contributed by atoms with E-state index in [4.69, 9.17) is 9.47 Å². The van der Waals surface area contributed by atoms with Crippen molar-refractivity contribution in [3.8, 4) is 0 Å². The van der Waals surface area contributed by atoms with Gasteiger partial charge in [-0.15, -0.1) is 0 Å². The van der Waals surface area contributed by atoms with Gasteiger partial charge < -0.3 is 9.47 Å². The van der Waals surface area contributed by atoms with Gasteiger partial charge in [-0.1, -0.05) is 13.2 Å². The zero-order valence-electron chi connectivity index (χ0n) is 12.9. The standard InChI is InChI=1S/C18H24O4/c1-3-17(19)22-10-13-8-12-9-15(13)16-6-11(5-14(12)16)7-18(20)21-4-2/h3-4,11-16H,1-2,5-10H2. The quantitative estimate of drug-likeness (QED) is 0.430. The van der Waals surface area contributed by atoms with Gasteiger partial charge in [-0.05, 0) is 61.2 Å². The maximum absolute atomic E-state index is 11.6. The van der Waals surface area contributed by atoms with Gasteiger partial charge in [0, 0.05) is 12.5 Å². The van der Waals surface area contributed by atoms with Crippen molar-refractivity contribution in [2.24, 2.45) is 35.5 Å². The van der Waals surface area contributed by atoms with Crippen LogP contribution in [0.4, 0.5) is 0 Å². The van der Waals surface area contributed by atoms with E-state index < -0.39 is 0 Å². The summed E-state index contributed by atoms with van der Waals surface area (Å²) < 4.78 is 10.1. The lowest BCUT2D eigenvalue weighted by molar-refractivity contribution is -0.140. The van der Waals surface area contributed by atoms with Gasteiger partial charge >= 0.3 is 11.9 Å². The third-order valence-electron chi connectivity index (χ3n) is 5.98. The summed E-state index contributed by atoms with van der Waals surface area (Å²) in [7, 11) is 0. The highest BCUT2D eigenvalue weighted by Gasteiger charge is 2.56. The SMILES string of the molecule is C=COC(=O)CC1CC2C3CC(COC(=O)C=C)C(C3)C2C1. The first-order valence-corrected chi connectivity index (χ1v) is 8.22. The van der Waals surface area contributed by atoms with E-state index in [0.29, 0.717) is 36.7 Å². The first-order chi connectivity index (χ1) is 10.6. The summed E-state index contributed by atoms with van der Waals surface area (Å²) >= 11 is 0. The number of carbonyl (C=O) groups is 2. The highest BCUT2D eigenvalue weighted by molar-refractivity contribution is 5.81. The Morgan fingerprint density at radius 2 is 1.82 bits per heavy atom. The van der Waals surface area contributed by atoms with E-state index in [-0.39, 0.29) is 11.9 Å². The van der Waals surface area contributed by atoms with Gasteiger partial charge in [0.1, 0.15) is 0 Å². The second-order valence-electron chi connectivity index (χ2n) is 7.02. The highest BCUT2D eigenvalue weighted by Crippen LogP contribution is 2.62. The van der Waals surface area contributed by atoms with E-state index in [0.717, 1.165) is 24.7 Å². The molecule has 0 aliphatic heterocycles. The minimum absolute atomic E-state index is 0.163. The Hall–Kier alpha value is -1.58. The van der Waals surface area contributed by atoms with E-state index in [2.05, 4.69) is 13.2 Å². The third-order valence-corrected chi connectivity index (χ3v) is 5.98. The molecule has 6 atom stereocenters. The number of rotatable bonds is 6. The van der Waals surface area contributed by atoms with E-state index in [1.54, 1.807) is 0 Å². The van der Waals surface area contributed by atoms with Gasteiger partial charge in [0.05, 0.1) is 12.9 Å². The van der Waals surface area contributed by atoms with E-state index >= 15 is 0 Å². The zero-order chi connectivity index (χ0) is 15.7. The molecule has 0 spiro atoms. The number of hydrogen-bond donors (Lipinski definition) is 0. The van der Waals surface area contributed by atoms with Crippen LogP contribution in [0.3, 0.4) is 0 Å². The number of carbonyl (C=O) groups excluding carboxylic acids is 2. The smallest absolute Gasteiger partial charge is 0.330 e. The molecule has 3 aliphatic carbocycles. The van der Waals surface area contributed by atoms with E-state index in [1.807, 2.05) is 0 Å². The molecule has 0 amide bonds. The molecule has 6 unspecified atom stereocenters. The first kappa shape index (κ1) is 15.3. The maximum Gasteiger partial charge on any atom is 0.330 e. The van der Waals surface area contributed by atoms with Gasteiger partial charge in [0.2, 0.25) is 0 Å². The molecule has 0 saturated heterocycles. The average molecular weight is 304 g/mol.